The van der Waals surface area contributed by atoms with Crippen molar-refractivity contribution in [2.24, 2.45) is 5.92 Å². The van der Waals surface area contributed by atoms with Gasteiger partial charge in [0.1, 0.15) is 5.82 Å². The zero-order chi connectivity index (χ0) is 12.3. The summed E-state index contributed by atoms with van der Waals surface area (Å²) in [6.07, 6.45) is 2.96. The number of pyridine rings is 1. The minimum atomic E-state index is 0.246. The van der Waals surface area contributed by atoms with Crippen molar-refractivity contribution in [1.82, 2.24) is 9.88 Å². The molecule has 0 bridgehead atoms. The summed E-state index contributed by atoms with van der Waals surface area (Å²) >= 11 is 0. The summed E-state index contributed by atoms with van der Waals surface area (Å²) in [5.41, 5.74) is 1.20. The first-order valence-corrected chi connectivity index (χ1v) is 6.22. The second-order valence-corrected chi connectivity index (χ2v) is 4.75. The minimum absolute atomic E-state index is 0.246. The van der Waals surface area contributed by atoms with Gasteiger partial charge in [0.2, 0.25) is 0 Å². The normalized spacial score (nSPS) is 25.1. The number of aromatic nitrogens is 1. The summed E-state index contributed by atoms with van der Waals surface area (Å²) in [7, 11) is 1.89. The van der Waals surface area contributed by atoms with Crippen LogP contribution in [0.25, 0.3) is 0 Å². The van der Waals surface area contributed by atoms with Crippen LogP contribution in [0.1, 0.15) is 18.9 Å². The van der Waals surface area contributed by atoms with Gasteiger partial charge in [0, 0.05) is 31.4 Å². The fraction of sp³-hybridized carbons (Fsp3) is 0.615. The molecule has 4 nitrogen and oxygen atoms in total. The summed E-state index contributed by atoms with van der Waals surface area (Å²) < 4.78 is 0. The van der Waals surface area contributed by atoms with Gasteiger partial charge in [0.15, 0.2) is 0 Å². The first-order chi connectivity index (χ1) is 8.26. The van der Waals surface area contributed by atoms with Crippen molar-refractivity contribution >= 4 is 5.82 Å². The molecule has 0 amide bonds. The van der Waals surface area contributed by atoms with Gasteiger partial charge in [0.25, 0.3) is 0 Å². The van der Waals surface area contributed by atoms with Gasteiger partial charge in [0.05, 0.1) is 6.61 Å². The Balaban J connectivity index is 2.10. The molecule has 0 saturated carbocycles. The smallest absolute Gasteiger partial charge is 0.130 e. The van der Waals surface area contributed by atoms with Crippen molar-refractivity contribution in [3.05, 3.63) is 23.9 Å². The lowest BCUT2D eigenvalue weighted by Gasteiger charge is -2.25. The molecule has 2 atom stereocenters. The predicted octanol–water partition coefficient (Wildman–Crippen LogP) is 1.33. The molecular weight excluding hydrogens is 214 g/mol. The van der Waals surface area contributed by atoms with Crippen LogP contribution in [0.4, 0.5) is 5.82 Å². The van der Waals surface area contributed by atoms with E-state index in [1.807, 2.05) is 13.1 Å². The molecule has 2 rings (SSSR count). The summed E-state index contributed by atoms with van der Waals surface area (Å²) in [5, 5.41) is 12.6. The van der Waals surface area contributed by atoms with E-state index in [0.717, 1.165) is 18.9 Å². The summed E-state index contributed by atoms with van der Waals surface area (Å²) in [5.74, 6) is 1.51. The first kappa shape index (κ1) is 12.3. The topological polar surface area (TPSA) is 48.4 Å². The lowest BCUT2D eigenvalue weighted by Crippen LogP contribution is -2.34. The van der Waals surface area contributed by atoms with Gasteiger partial charge in [-0.15, -0.1) is 0 Å². The standard InChI is InChI=1S/C13H21N3O/c1-10-5-7-16(12(10)9-17)8-11-4-3-6-15-13(11)14-2/h3-4,6,10,12,17H,5,7-9H2,1-2H3,(H,14,15). The molecule has 2 heterocycles. The van der Waals surface area contributed by atoms with Gasteiger partial charge >= 0.3 is 0 Å². The SMILES string of the molecule is CNc1ncccc1CN1CCC(C)C1CO. The van der Waals surface area contributed by atoms with Crippen LogP contribution in [-0.2, 0) is 6.54 Å². The molecule has 1 aliphatic heterocycles. The number of anilines is 1. The van der Waals surface area contributed by atoms with Crippen LogP contribution < -0.4 is 5.32 Å². The molecule has 2 unspecified atom stereocenters. The van der Waals surface area contributed by atoms with Crippen molar-refractivity contribution < 1.29 is 5.11 Å². The van der Waals surface area contributed by atoms with E-state index in [1.54, 1.807) is 6.20 Å². The number of nitrogens with zero attached hydrogens (tertiary/aromatic N) is 2. The molecule has 1 aliphatic rings. The maximum absolute atomic E-state index is 9.44. The Morgan fingerprint density at radius 1 is 1.59 bits per heavy atom. The average molecular weight is 235 g/mol. The van der Waals surface area contributed by atoms with E-state index in [0.29, 0.717) is 12.0 Å². The molecule has 2 N–H and O–H groups in total. The van der Waals surface area contributed by atoms with Crippen LogP contribution >= 0.6 is 0 Å². The molecule has 0 spiro atoms. The third-order valence-electron chi connectivity index (χ3n) is 3.69. The van der Waals surface area contributed by atoms with Crippen molar-refractivity contribution in [2.75, 3.05) is 25.5 Å². The average Bonchev–Trinajstić information content (AvgIpc) is 2.70. The number of rotatable bonds is 4. The Morgan fingerprint density at radius 2 is 2.41 bits per heavy atom. The number of hydrogen-bond donors (Lipinski definition) is 2. The Labute approximate surface area is 103 Å². The molecule has 94 valence electrons. The molecular formula is C13H21N3O. The van der Waals surface area contributed by atoms with Gasteiger partial charge in [-0.25, -0.2) is 4.98 Å². The van der Waals surface area contributed by atoms with Crippen LogP contribution in [0.15, 0.2) is 18.3 Å². The number of likely N-dealkylation sites (tertiary alicyclic amines) is 1. The molecule has 1 aromatic heterocycles. The Hall–Kier alpha value is -1.13. The van der Waals surface area contributed by atoms with E-state index in [9.17, 15) is 5.11 Å². The highest BCUT2D eigenvalue weighted by atomic mass is 16.3. The summed E-state index contributed by atoms with van der Waals surface area (Å²) in [6, 6.07) is 4.35. The van der Waals surface area contributed by atoms with Crippen molar-refractivity contribution in [3.8, 4) is 0 Å². The van der Waals surface area contributed by atoms with Crippen LogP contribution in [0.2, 0.25) is 0 Å². The number of aliphatic hydroxyl groups is 1. The molecule has 1 saturated heterocycles. The van der Waals surface area contributed by atoms with Crippen molar-refractivity contribution in [2.45, 2.75) is 25.9 Å². The fourth-order valence-electron chi connectivity index (χ4n) is 2.59. The monoisotopic (exact) mass is 235 g/mol. The van der Waals surface area contributed by atoms with Gasteiger partial charge in [-0.05, 0) is 24.9 Å². The van der Waals surface area contributed by atoms with Gasteiger partial charge in [-0.1, -0.05) is 13.0 Å². The molecule has 0 aliphatic carbocycles. The molecule has 0 radical (unpaired) electrons. The highest BCUT2D eigenvalue weighted by molar-refractivity contribution is 5.42. The van der Waals surface area contributed by atoms with Gasteiger partial charge < -0.3 is 10.4 Å². The zero-order valence-corrected chi connectivity index (χ0v) is 10.6. The Morgan fingerprint density at radius 3 is 3.12 bits per heavy atom. The van der Waals surface area contributed by atoms with E-state index < -0.39 is 0 Å². The quantitative estimate of drug-likeness (QED) is 0.826. The second-order valence-electron chi connectivity index (χ2n) is 4.75. The van der Waals surface area contributed by atoms with E-state index >= 15 is 0 Å². The third kappa shape index (κ3) is 2.58. The summed E-state index contributed by atoms with van der Waals surface area (Å²) in [6.45, 7) is 4.38. The third-order valence-corrected chi connectivity index (χ3v) is 3.69. The lowest BCUT2D eigenvalue weighted by molar-refractivity contribution is 0.134. The van der Waals surface area contributed by atoms with E-state index in [-0.39, 0.29) is 6.61 Å². The maximum atomic E-state index is 9.44. The number of hydrogen-bond acceptors (Lipinski definition) is 4. The lowest BCUT2D eigenvalue weighted by atomic mass is 10.0. The zero-order valence-electron chi connectivity index (χ0n) is 10.6. The molecule has 17 heavy (non-hydrogen) atoms. The number of aliphatic hydroxyl groups excluding tert-OH is 1. The highest BCUT2D eigenvalue weighted by Gasteiger charge is 2.30. The minimum Gasteiger partial charge on any atom is -0.395 e. The fourth-order valence-corrected chi connectivity index (χ4v) is 2.59. The summed E-state index contributed by atoms with van der Waals surface area (Å²) in [4.78, 5) is 6.66. The van der Waals surface area contributed by atoms with Crippen molar-refractivity contribution in [1.29, 1.82) is 0 Å². The van der Waals surface area contributed by atoms with Crippen LogP contribution in [0, 0.1) is 5.92 Å². The van der Waals surface area contributed by atoms with Gasteiger partial charge in [-0.2, -0.15) is 0 Å². The second kappa shape index (κ2) is 5.47. The predicted molar refractivity (Wildman–Crippen MR) is 68.8 cm³/mol. The Bertz CT molecular complexity index is 369. The molecule has 0 aromatic carbocycles. The van der Waals surface area contributed by atoms with Crippen molar-refractivity contribution in [3.63, 3.8) is 0 Å². The van der Waals surface area contributed by atoms with Crippen LogP contribution in [-0.4, -0.2) is 41.2 Å². The van der Waals surface area contributed by atoms with E-state index in [1.165, 1.54) is 12.0 Å². The molecule has 1 aromatic rings. The first-order valence-electron chi connectivity index (χ1n) is 6.22. The molecule has 4 heteroatoms. The Kier molecular flexibility index (Phi) is 3.97. The van der Waals surface area contributed by atoms with E-state index in [4.69, 9.17) is 0 Å². The highest BCUT2D eigenvalue weighted by Crippen LogP contribution is 2.26. The van der Waals surface area contributed by atoms with E-state index in [2.05, 4.69) is 28.2 Å². The maximum Gasteiger partial charge on any atom is 0.130 e. The van der Waals surface area contributed by atoms with Crippen LogP contribution in [0.5, 0.6) is 0 Å². The largest absolute Gasteiger partial charge is 0.395 e. The molecule has 1 fully saturated rings. The van der Waals surface area contributed by atoms with Gasteiger partial charge in [-0.3, -0.25) is 4.90 Å². The number of nitrogens with one attached hydrogen (secondary N) is 1. The van der Waals surface area contributed by atoms with Crippen LogP contribution in [0.3, 0.4) is 0 Å².